The van der Waals surface area contributed by atoms with Gasteiger partial charge in [0.2, 0.25) is 0 Å². The van der Waals surface area contributed by atoms with Crippen LogP contribution in [0.5, 0.6) is 0 Å². The van der Waals surface area contributed by atoms with Crippen molar-refractivity contribution in [1.82, 2.24) is 15.0 Å². The fourth-order valence-electron chi connectivity index (χ4n) is 4.91. The molecule has 1 aliphatic carbocycles. The van der Waals surface area contributed by atoms with Crippen LogP contribution in [0, 0.1) is 5.82 Å². The van der Waals surface area contributed by atoms with Crippen LogP contribution >= 0.6 is 11.3 Å². The molecule has 198 valence electrons. The second-order valence-electron chi connectivity index (χ2n) is 9.55. The maximum Gasteiger partial charge on any atom is 0.305 e. The first-order valence-electron chi connectivity index (χ1n) is 12.8. The minimum atomic E-state index is -0.382. The zero-order chi connectivity index (χ0) is 26.6. The number of rotatable bonds is 8. The second-order valence-corrected chi connectivity index (χ2v) is 10.4. The third-order valence-corrected chi connectivity index (χ3v) is 7.82. The number of ether oxygens (including phenoxy) is 1. The summed E-state index contributed by atoms with van der Waals surface area (Å²) >= 11 is 1.46. The number of aryl methyl sites for hydroxylation is 1. The quantitative estimate of drug-likeness (QED) is 0.275. The minimum Gasteiger partial charge on any atom is -0.469 e. The summed E-state index contributed by atoms with van der Waals surface area (Å²) in [6, 6.07) is 10.5. The molecule has 8 nitrogen and oxygen atoms in total. The summed E-state index contributed by atoms with van der Waals surface area (Å²) in [5, 5.41) is 6.06. The molecule has 0 saturated heterocycles. The summed E-state index contributed by atoms with van der Waals surface area (Å²) in [6.07, 6.45) is 6.17. The van der Waals surface area contributed by atoms with Gasteiger partial charge in [-0.2, -0.15) is 0 Å². The van der Waals surface area contributed by atoms with Crippen molar-refractivity contribution in [1.29, 1.82) is 0 Å². The van der Waals surface area contributed by atoms with Gasteiger partial charge >= 0.3 is 5.97 Å². The topological polar surface area (TPSA) is 100 Å². The lowest BCUT2D eigenvalue weighted by atomic mass is 9.94. The van der Waals surface area contributed by atoms with Gasteiger partial charge in [0, 0.05) is 30.5 Å². The molecule has 0 spiro atoms. The number of hydrogen-bond acceptors (Lipinski definition) is 8. The summed E-state index contributed by atoms with van der Waals surface area (Å²) in [5.41, 5.74) is 4.58. The molecule has 2 N–H and O–H groups in total. The van der Waals surface area contributed by atoms with E-state index in [-0.39, 0.29) is 30.2 Å². The Hall–Kier alpha value is -3.79. The van der Waals surface area contributed by atoms with Crippen molar-refractivity contribution in [2.24, 2.45) is 0 Å². The van der Waals surface area contributed by atoms with E-state index in [0.717, 1.165) is 35.5 Å². The number of aromatic amines is 1. The summed E-state index contributed by atoms with van der Waals surface area (Å²) in [7, 11) is 3.42. The van der Waals surface area contributed by atoms with Crippen LogP contribution in [0.25, 0.3) is 22.3 Å². The average Bonchev–Trinajstić information content (AvgIpc) is 3.40. The van der Waals surface area contributed by atoms with Crippen molar-refractivity contribution >= 4 is 44.8 Å². The number of thiazole rings is 1. The van der Waals surface area contributed by atoms with Crippen LogP contribution in [0.3, 0.4) is 0 Å². The van der Waals surface area contributed by atoms with Crippen molar-refractivity contribution in [2.45, 2.75) is 51.0 Å². The van der Waals surface area contributed by atoms with E-state index in [9.17, 15) is 14.0 Å². The highest BCUT2D eigenvalue weighted by Gasteiger charge is 2.22. The van der Waals surface area contributed by atoms with Crippen LogP contribution in [0.1, 0.15) is 44.2 Å². The van der Waals surface area contributed by atoms with Crippen LogP contribution in [0.4, 0.5) is 20.9 Å². The van der Waals surface area contributed by atoms with E-state index in [1.807, 2.05) is 17.5 Å². The highest BCUT2D eigenvalue weighted by molar-refractivity contribution is 7.14. The minimum absolute atomic E-state index is 0.0903. The van der Waals surface area contributed by atoms with Crippen molar-refractivity contribution in [3.05, 3.63) is 63.6 Å². The molecule has 0 unspecified atom stereocenters. The number of methoxy groups -OCH3 is 1. The number of fused-ring (bicyclic) bond motifs is 1. The molecule has 1 aliphatic rings. The molecule has 2 aromatic carbocycles. The average molecular weight is 536 g/mol. The van der Waals surface area contributed by atoms with Gasteiger partial charge in [-0.1, -0.05) is 19.3 Å². The number of esters is 1. The molecule has 2 aromatic heterocycles. The molecule has 2 heterocycles. The molecule has 1 fully saturated rings. The van der Waals surface area contributed by atoms with Crippen LogP contribution in [0.15, 0.2) is 46.6 Å². The molecule has 4 aromatic rings. The zero-order valence-electron chi connectivity index (χ0n) is 21.4. The lowest BCUT2D eigenvalue weighted by Crippen LogP contribution is -2.33. The maximum atomic E-state index is 13.4. The van der Waals surface area contributed by atoms with Gasteiger partial charge in [-0.25, -0.2) is 14.4 Å². The lowest BCUT2D eigenvalue weighted by molar-refractivity contribution is -0.140. The van der Waals surface area contributed by atoms with Crippen molar-refractivity contribution in [3.8, 4) is 11.3 Å². The van der Waals surface area contributed by atoms with Crippen LogP contribution < -0.4 is 15.8 Å². The molecule has 0 aliphatic heterocycles. The number of nitrogens with one attached hydrogen (secondary N) is 2. The first-order chi connectivity index (χ1) is 18.4. The number of anilines is 3. The Kier molecular flexibility index (Phi) is 7.69. The Labute approximate surface area is 223 Å². The number of H-pyrrole nitrogens is 1. The molecule has 1 saturated carbocycles. The Morgan fingerprint density at radius 2 is 1.95 bits per heavy atom. The number of benzene rings is 2. The standard InChI is InChI=1S/C28H30FN5O3S/c1-34(19-6-4-3-5-7-19)25-15-22-21(31-27(36)20(30-22)12-13-26(35)37-2)14-23(25)32-28-33-24(16-38-28)17-8-10-18(29)11-9-17/h8-11,14-16,19H,3-7,12-13H2,1-2H3,(H,31,36)(H,32,33). The Morgan fingerprint density at radius 1 is 1.18 bits per heavy atom. The molecule has 0 radical (unpaired) electrons. The normalized spacial score (nSPS) is 14.0. The fraction of sp³-hybridized carbons (Fsp3) is 0.357. The molecular weight excluding hydrogens is 505 g/mol. The van der Waals surface area contributed by atoms with Crippen molar-refractivity contribution in [3.63, 3.8) is 0 Å². The molecule has 38 heavy (non-hydrogen) atoms. The summed E-state index contributed by atoms with van der Waals surface area (Å²) in [4.78, 5) is 38.9. The van der Waals surface area contributed by atoms with Gasteiger partial charge in [-0.3, -0.25) is 9.59 Å². The second kappa shape index (κ2) is 11.3. The first kappa shape index (κ1) is 25.8. The van der Waals surface area contributed by atoms with Gasteiger partial charge in [-0.15, -0.1) is 11.3 Å². The SMILES string of the molecule is COC(=O)CCc1nc2cc(N(C)C3CCCCC3)c(Nc3nc(-c4ccc(F)cc4)cs3)cc2[nH]c1=O. The highest BCUT2D eigenvalue weighted by atomic mass is 32.1. The van der Waals surface area contributed by atoms with Crippen LogP contribution in [-0.2, 0) is 16.0 Å². The summed E-state index contributed by atoms with van der Waals surface area (Å²) in [6.45, 7) is 0. The van der Waals surface area contributed by atoms with Gasteiger partial charge in [0.1, 0.15) is 11.5 Å². The van der Waals surface area contributed by atoms with Crippen LogP contribution in [0.2, 0.25) is 0 Å². The molecule has 0 atom stereocenters. The van der Waals surface area contributed by atoms with E-state index in [1.54, 1.807) is 12.1 Å². The van der Waals surface area contributed by atoms with E-state index in [2.05, 4.69) is 27.2 Å². The fourth-order valence-corrected chi connectivity index (χ4v) is 5.64. The number of hydrogen-bond donors (Lipinski definition) is 2. The third-order valence-electron chi connectivity index (χ3n) is 7.06. The number of aromatic nitrogens is 3. The van der Waals surface area contributed by atoms with E-state index in [4.69, 9.17) is 9.72 Å². The first-order valence-corrected chi connectivity index (χ1v) is 13.6. The molecule has 10 heteroatoms. The van der Waals surface area contributed by atoms with E-state index < -0.39 is 0 Å². The lowest BCUT2D eigenvalue weighted by Gasteiger charge is -2.34. The van der Waals surface area contributed by atoms with Gasteiger partial charge in [0.05, 0.1) is 41.6 Å². The number of carbonyl (C=O) groups excluding carboxylic acids is 1. The van der Waals surface area contributed by atoms with Gasteiger partial charge in [0.25, 0.3) is 5.56 Å². The van der Waals surface area contributed by atoms with Crippen molar-refractivity contribution < 1.29 is 13.9 Å². The molecule has 0 bridgehead atoms. The van der Waals surface area contributed by atoms with Gasteiger partial charge < -0.3 is 19.9 Å². The number of carbonyl (C=O) groups is 1. The molecular formula is C28H30FN5O3S. The summed E-state index contributed by atoms with van der Waals surface area (Å²) < 4.78 is 18.1. The molecule has 5 rings (SSSR count). The van der Waals surface area contributed by atoms with Gasteiger partial charge in [-0.05, 0) is 49.2 Å². The largest absolute Gasteiger partial charge is 0.469 e. The zero-order valence-corrected chi connectivity index (χ0v) is 22.2. The third kappa shape index (κ3) is 5.70. The Morgan fingerprint density at radius 3 is 2.68 bits per heavy atom. The Balaban J connectivity index is 1.51. The maximum absolute atomic E-state index is 13.4. The highest BCUT2D eigenvalue weighted by Crippen LogP contribution is 2.37. The Bertz CT molecular complexity index is 1490. The van der Waals surface area contributed by atoms with Crippen LogP contribution in [-0.4, -0.2) is 41.1 Å². The smallest absolute Gasteiger partial charge is 0.305 e. The summed E-state index contributed by atoms with van der Waals surface area (Å²) in [5.74, 6) is -0.669. The number of nitrogens with zero attached hydrogens (tertiary/aromatic N) is 3. The van der Waals surface area contributed by atoms with Gasteiger partial charge in [0.15, 0.2) is 5.13 Å². The predicted molar refractivity (Wildman–Crippen MR) is 149 cm³/mol. The monoisotopic (exact) mass is 535 g/mol. The van der Waals surface area contributed by atoms with E-state index >= 15 is 0 Å². The predicted octanol–water partition coefficient (Wildman–Crippen LogP) is 5.80. The number of halogens is 1. The van der Waals surface area contributed by atoms with E-state index in [0.29, 0.717) is 27.9 Å². The van der Waals surface area contributed by atoms with E-state index in [1.165, 1.54) is 49.8 Å². The molecule has 0 amide bonds. The van der Waals surface area contributed by atoms with Crippen molar-refractivity contribution in [2.75, 3.05) is 24.4 Å².